The predicted octanol–water partition coefficient (Wildman–Crippen LogP) is 5.37. The van der Waals surface area contributed by atoms with Crippen LogP contribution in [0.5, 0.6) is 0 Å². The summed E-state index contributed by atoms with van der Waals surface area (Å²) in [5.74, 6) is -0.0147. The fourth-order valence-corrected chi connectivity index (χ4v) is 3.77. The first-order valence-corrected chi connectivity index (χ1v) is 9.96. The number of alkyl halides is 3. The SMILES string of the molecule is C=CCN(Cc1cccn1Cc1cccc(C(F)(F)F)c1)C(=O)Cc1cccs1. The number of carbonyl (C=O) groups is 1. The lowest BCUT2D eigenvalue weighted by atomic mass is 10.1. The highest BCUT2D eigenvalue weighted by atomic mass is 32.1. The zero-order valence-corrected chi connectivity index (χ0v) is 16.5. The van der Waals surface area contributed by atoms with Gasteiger partial charge in [0, 0.05) is 29.9 Å². The Hall–Kier alpha value is -2.80. The Morgan fingerprint density at radius 2 is 2.00 bits per heavy atom. The maximum Gasteiger partial charge on any atom is 0.416 e. The Balaban J connectivity index is 1.74. The van der Waals surface area contributed by atoms with Crippen molar-refractivity contribution >= 4 is 17.2 Å². The molecule has 0 unspecified atom stereocenters. The van der Waals surface area contributed by atoms with Crippen LogP contribution in [0.4, 0.5) is 13.2 Å². The molecule has 0 radical (unpaired) electrons. The highest BCUT2D eigenvalue weighted by Gasteiger charge is 2.30. The van der Waals surface area contributed by atoms with Gasteiger partial charge in [-0.15, -0.1) is 17.9 Å². The van der Waals surface area contributed by atoms with Crippen LogP contribution < -0.4 is 0 Å². The molecule has 0 fully saturated rings. The molecular weight excluding hydrogens is 397 g/mol. The van der Waals surface area contributed by atoms with Gasteiger partial charge in [0.2, 0.25) is 5.91 Å². The molecule has 0 spiro atoms. The van der Waals surface area contributed by atoms with E-state index in [0.29, 0.717) is 31.6 Å². The Kier molecular flexibility index (Phi) is 6.59. The molecule has 3 aromatic rings. The Morgan fingerprint density at radius 3 is 2.69 bits per heavy atom. The van der Waals surface area contributed by atoms with Crippen LogP contribution in [0.1, 0.15) is 21.7 Å². The normalized spacial score (nSPS) is 11.4. The molecule has 2 aromatic heterocycles. The van der Waals surface area contributed by atoms with Gasteiger partial charge in [-0.2, -0.15) is 13.2 Å². The van der Waals surface area contributed by atoms with E-state index in [2.05, 4.69) is 6.58 Å². The molecule has 7 heteroatoms. The van der Waals surface area contributed by atoms with Crippen LogP contribution in [-0.4, -0.2) is 21.9 Å². The first-order valence-electron chi connectivity index (χ1n) is 9.08. The van der Waals surface area contributed by atoms with E-state index in [1.54, 1.807) is 17.0 Å². The van der Waals surface area contributed by atoms with E-state index in [4.69, 9.17) is 0 Å². The van der Waals surface area contributed by atoms with E-state index >= 15 is 0 Å². The molecule has 152 valence electrons. The van der Waals surface area contributed by atoms with E-state index in [1.807, 2.05) is 40.4 Å². The topological polar surface area (TPSA) is 25.2 Å². The summed E-state index contributed by atoms with van der Waals surface area (Å²) in [6.07, 6.45) is -0.567. The third-order valence-electron chi connectivity index (χ3n) is 4.49. The van der Waals surface area contributed by atoms with Gasteiger partial charge in [-0.05, 0) is 41.3 Å². The van der Waals surface area contributed by atoms with E-state index < -0.39 is 11.7 Å². The third kappa shape index (κ3) is 5.60. The van der Waals surface area contributed by atoms with Crippen LogP contribution in [0, 0.1) is 0 Å². The summed E-state index contributed by atoms with van der Waals surface area (Å²) in [4.78, 5) is 15.4. The number of hydrogen-bond acceptors (Lipinski definition) is 2. The number of aromatic nitrogens is 1. The van der Waals surface area contributed by atoms with Gasteiger partial charge in [-0.1, -0.05) is 24.3 Å². The van der Waals surface area contributed by atoms with Gasteiger partial charge >= 0.3 is 6.18 Å². The van der Waals surface area contributed by atoms with Crippen molar-refractivity contribution in [2.75, 3.05) is 6.54 Å². The molecule has 29 heavy (non-hydrogen) atoms. The summed E-state index contributed by atoms with van der Waals surface area (Å²) >= 11 is 1.53. The van der Waals surface area contributed by atoms with Crippen molar-refractivity contribution in [1.29, 1.82) is 0 Å². The molecule has 0 N–H and O–H groups in total. The fraction of sp³-hybridized carbons (Fsp3) is 0.227. The number of halogens is 3. The smallest absolute Gasteiger partial charge is 0.345 e. The summed E-state index contributed by atoms with van der Waals surface area (Å²) in [5.41, 5.74) is 0.740. The van der Waals surface area contributed by atoms with Crippen LogP contribution in [0.15, 0.2) is 72.8 Å². The number of nitrogens with zero attached hydrogens (tertiary/aromatic N) is 2. The minimum absolute atomic E-state index is 0.0147. The van der Waals surface area contributed by atoms with Crippen LogP contribution in [0.2, 0.25) is 0 Å². The molecule has 0 aliphatic heterocycles. The van der Waals surface area contributed by atoms with Gasteiger partial charge in [-0.25, -0.2) is 0 Å². The van der Waals surface area contributed by atoms with Crippen LogP contribution in [0.3, 0.4) is 0 Å². The Labute approximate surface area is 171 Å². The van der Waals surface area contributed by atoms with Crippen molar-refractivity contribution < 1.29 is 18.0 Å². The second-order valence-electron chi connectivity index (χ2n) is 6.64. The molecule has 0 aliphatic rings. The molecule has 2 heterocycles. The van der Waals surface area contributed by atoms with Crippen LogP contribution >= 0.6 is 11.3 Å². The highest BCUT2D eigenvalue weighted by molar-refractivity contribution is 7.10. The quantitative estimate of drug-likeness (QED) is 0.451. The summed E-state index contributed by atoms with van der Waals surface area (Å²) in [7, 11) is 0. The lowest BCUT2D eigenvalue weighted by Crippen LogP contribution is -2.32. The average Bonchev–Trinajstić information content (AvgIpc) is 3.33. The van der Waals surface area contributed by atoms with Crippen molar-refractivity contribution in [3.63, 3.8) is 0 Å². The number of thiophene rings is 1. The number of rotatable bonds is 8. The van der Waals surface area contributed by atoms with Crippen molar-refractivity contribution in [3.05, 3.63) is 94.5 Å². The molecule has 1 aromatic carbocycles. The Morgan fingerprint density at radius 1 is 1.17 bits per heavy atom. The number of hydrogen-bond donors (Lipinski definition) is 0. The van der Waals surface area contributed by atoms with Gasteiger partial charge in [0.25, 0.3) is 0 Å². The first kappa shape index (κ1) is 20.9. The molecule has 3 rings (SSSR count). The number of benzene rings is 1. The molecule has 0 bridgehead atoms. The predicted molar refractivity (Wildman–Crippen MR) is 109 cm³/mol. The highest BCUT2D eigenvalue weighted by Crippen LogP contribution is 2.29. The van der Waals surface area contributed by atoms with Gasteiger partial charge < -0.3 is 9.47 Å². The summed E-state index contributed by atoms with van der Waals surface area (Å²) in [6.45, 7) is 4.79. The standard InChI is InChI=1S/C22H21F3N2OS/c1-2-10-27(21(28)14-20-9-5-12-29-20)16-19-8-4-11-26(19)15-17-6-3-7-18(13-17)22(23,24)25/h2-9,11-13H,1,10,14-16H2. The number of amides is 1. The van der Waals surface area contributed by atoms with Crippen molar-refractivity contribution in [2.24, 2.45) is 0 Å². The van der Waals surface area contributed by atoms with Crippen molar-refractivity contribution in [1.82, 2.24) is 9.47 Å². The van der Waals surface area contributed by atoms with E-state index in [1.165, 1.54) is 17.4 Å². The number of carbonyl (C=O) groups excluding carboxylic acids is 1. The summed E-state index contributed by atoms with van der Waals surface area (Å²) < 4.78 is 40.8. The van der Waals surface area contributed by atoms with Gasteiger partial charge in [0.15, 0.2) is 0 Å². The Bertz CT molecular complexity index is 961. The van der Waals surface area contributed by atoms with Crippen LogP contribution in [0.25, 0.3) is 0 Å². The lowest BCUT2D eigenvalue weighted by Gasteiger charge is -2.22. The second-order valence-corrected chi connectivity index (χ2v) is 7.68. The first-order chi connectivity index (χ1) is 13.9. The molecule has 0 atom stereocenters. The molecule has 3 nitrogen and oxygen atoms in total. The fourth-order valence-electron chi connectivity index (χ4n) is 3.07. The van der Waals surface area contributed by atoms with Gasteiger partial charge in [-0.3, -0.25) is 4.79 Å². The minimum Gasteiger partial charge on any atom is -0.345 e. The van der Waals surface area contributed by atoms with E-state index in [-0.39, 0.29) is 5.91 Å². The zero-order chi connectivity index (χ0) is 20.9. The zero-order valence-electron chi connectivity index (χ0n) is 15.7. The van der Waals surface area contributed by atoms with Gasteiger partial charge in [0.05, 0.1) is 18.5 Å². The molecular formula is C22H21F3N2OS. The molecule has 0 saturated heterocycles. The van der Waals surface area contributed by atoms with Crippen LogP contribution in [-0.2, 0) is 30.5 Å². The monoisotopic (exact) mass is 418 g/mol. The summed E-state index contributed by atoms with van der Waals surface area (Å²) in [6, 6.07) is 12.8. The molecule has 0 saturated carbocycles. The molecule has 0 aliphatic carbocycles. The average molecular weight is 418 g/mol. The second kappa shape index (κ2) is 9.13. The third-order valence-corrected chi connectivity index (χ3v) is 5.37. The minimum atomic E-state index is -4.37. The van der Waals surface area contributed by atoms with E-state index in [9.17, 15) is 18.0 Å². The molecule has 1 amide bonds. The van der Waals surface area contributed by atoms with Crippen molar-refractivity contribution in [3.8, 4) is 0 Å². The van der Waals surface area contributed by atoms with Gasteiger partial charge in [0.1, 0.15) is 0 Å². The largest absolute Gasteiger partial charge is 0.416 e. The van der Waals surface area contributed by atoms with E-state index in [0.717, 1.165) is 22.7 Å². The maximum absolute atomic E-state index is 13.0. The lowest BCUT2D eigenvalue weighted by molar-refractivity contribution is -0.137. The van der Waals surface area contributed by atoms with Crippen molar-refractivity contribution in [2.45, 2.75) is 25.7 Å². The summed E-state index contributed by atoms with van der Waals surface area (Å²) in [5, 5.41) is 1.93. The maximum atomic E-state index is 13.0.